The Labute approximate surface area is 173 Å². The van der Waals surface area contributed by atoms with Crippen LogP contribution in [0.4, 0.5) is 0 Å². The first-order valence-corrected chi connectivity index (χ1v) is 10.2. The van der Waals surface area contributed by atoms with Gasteiger partial charge >= 0.3 is 0 Å². The van der Waals surface area contributed by atoms with Crippen molar-refractivity contribution in [3.05, 3.63) is 58.9 Å². The SMILES string of the molecule is COCC(=O)N1CCN(CC(=O)c2cc(C)n(CCc3ccccc3)c2C)CC1. The van der Waals surface area contributed by atoms with E-state index in [-0.39, 0.29) is 18.3 Å². The Balaban J connectivity index is 1.57. The maximum absolute atomic E-state index is 12.9. The molecule has 0 bridgehead atoms. The molecule has 1 fully saturated rings. The van der Waals surface area contributed by atoms with Crippen LogP contribution in [0.25, 0.3) is 0 Å². The van der Waals surface area contributed by atoms with Crippen molar-refractivity contribution in [1.29, 1.82) is 0 Å². The van der Waals surface area contributed by atoms with E-state index in [9.17, 15) is 9.59 Å². The van der Waals surface area contributed by atoms with Crippen LogP contribution in [-0.4, -0.2) is 72.5 Å². The van der Waals surface area contributed by atoms with E-state index in [4.69, 9.17) is 4.74 Å². The lowest BCUT2D eigenvalue weighted by Crippen LogP contribution is -2.50. The van der Waals surface area contributed by atoms with Gasteiger partial charge in [-0.05, 0) is 31.9 Å². The molecule has 2 aromatic rings. The molecular formula is C23H31N3O3. The molecule has 1 aliphatic heterocycles. The number of rotatable bonds is 8. The van der Waals surface area contributed by atoms with Gasteiger partial charge in [-0.25, -0.2) is 0 Å². The zero-order chi connectivity index (χ0) is 20.8. The first-order chi connectivity index (χ1) is 14.0. The molecular weight excluding hydrogens is 366 g/mol. The predicted octanol–water partition coefficient (Wildman–Crippen LogP) is 2.32. The Morgan fingerprint density at radius 1 is 1.03 bits per heavy atom. The van der Waals surface area contributed by atoms with E-state index < -0.39 is 0 Å². The molecule has 0 radical (unpaired) electrons. The molecule has 0 atom stereocenters. The van der Waals surface area contributed by atoms with E-state index in [0.717, 1.165) is 29.9 Å². The summed E-state index contributed by atoms with van der Waals surface area (Å²) in [5.74, 6) is 0.168. The Hall–Kier alpha value is -2.44. The van der Waals surface area contributed by atoms with Crippen molar-refractivity contribution in [2.24, 2.45) is 0 Å². The molecule has 0 unspecified atom stereocenters. The minimum absolute atomic E-state index is 0.0143. The van der Waals surface area contributed by atoms with Crippen LogP contribution in [0.5, 0.6) is 0 Å². The van der Waals surface area contributed by atoms with Gasteiger partial charge in [-0.15, -0.1) is 0 Å². The molecule has 1 saturated heterocycles. The molecule has 0 N–H and O–H groups in total. The first-order valence-electron chi connectivity index (χ1n) is 10.2. The first kappa shape index (κ1) is 21.3. The molecule has 29 heavy (non-hydrogen) atoms. The van der Waals surface area contributed by atoms with Crippen LogP contribution < -0.4 is 0 Å². The Morgan fingerprint density at radius 2 is 1.72 bits per heavy atom. The highest BCUT2D eigenvalue weighted by Crippen LogP contribution is 2.18. The molecule has 1 aliphatic rings. The number of carbonyl (C=O) groups excluding carboxylic acids is 2. The summed E-state index contributed by atoms with van der Waals surface area (Å²) in [7, 11) is 1.53. The number of ether oxygens (including phenoxy) is 1. The number of hydrogen-bond acceptors (Lipinski definition) is 4. The number of Topliss-reactive ketones (excluding diaryl/α,β-unsaturated/α-hetero) is 1. The standard InChI is InChI=1S/C23H31N3O3/c1-18-15-21(19(2)26(18)10-9-20-7-5-4-6-8-20)22(27)16-24-11-13-25(14-12-24)23(28)17-29-3/h4-8,15H,9-14,16-17H2,1-3H3. The van der Waals surface area contributed by atoms with Crippen molar-refractivity contribution in [1.82, 2.24) is 14.4 Å². The van der Waals surface area contributed by atoms with Crippen LogP contribution in [0.15, 0.2) is 36.4 Å². The minimum atomic E-state index is 0.0143. The van der Waals surface area contributed by atoms with Gasteiger partial charge in [0.1, 0.15) is 6.61 Å². The maximum Gasteiger partial charge on any atom is 0.248 e. The second-order valence-corrected chi connectivity index (χ2v) is 7.69. The van der Waals surface area contributed by atoms with E-state index in [1.54, 1.807) is 4.90 Å². The van der Waals surface area contributed by atoms with E-state index >= 15 is 0 Å². The zero-order valence-electron chi connectivity index (χ0n) is 17.7. The Bertz CT molecular complexity index is 837. The number of ketones is 1. The van der Waals surface area contributed by atoms with Crippen molar-refractivity contribution in [2.75, 3.05) is 46.4 Å². The van der Waals surface area contributed by atoms with Crippen LogP contribution in [0.1, 0.15) is 27.3 Å². The number of amides is 1. The Kier molecular flexibility index (Phi) is 7.23. The second kappa shape index (κ2) is 9.85. The van der Waals surface area contributed by atoms with Crippen LogP contribution in [0.2, 0.25) is 0 Å². The fraction of sp³-hybridized carbons (Fsp3) is 0.478. The van der Waals surface area contributed by atoms with Crippen LogP contribution in [0.3, 0.4) is 0 Å². The summed E-state index contributed by atoms with van der Waals surface area (Å²) < 4.78 is 7.16. The summed E-state index contributed by atoms with van der Waals surface area (Å²) in [6.45, 7) is 8.21. The quantitative estimate of drug-likeness (QED) is 0.642. The fourth-order valence-electron chi connectivity index (χ4n) is 3.97. The highest BCUT2D eigenvalue weighted by Gasteiger charge is 2.24. The third kappa shape index (κ3) is 5.34. The molecule has 1 aromatic heterocycles. The van der Waals surface area contributed by atoms with Crippen LogP contribution in [-0.2, 0) is 22.5 Å². The minimum Gasteiger partial charge on any atom is -0.375 e. The van der Waals surface area contributed by atoms with Crippen molar-refractivity contribution in [2.45, 2.75) is 26.8 Å². The average Bonchev–Trinajstić information content (AvgIpc) is 3.01. The monoisotopic (exact) mass is 397 g/mol. The smallest absolute Gasteiger partial charge is 0.248 e. The lowest BCUT2D eigenvalue weighted by atomic mass is 10.1. The lowest BCUT2D eigenvalue weighted by molar-refractivity contribution is -0.136. The number of methoxy groups -OCH3 is 1. The molecule has 0 spiro atoms. The topological polar surface area (TPSA) is 54.8 Å². The normalized spacial score (nSPS) is 14.9. The van der Waals surface area contributed by atoms with Gasteiger partial charge in [0, 0.05) is 56.8 Å². The summed E-state index contributed by atoms with van der Waals surface area (Å²) in [6, 6.07) is 12.4. The summed E-state index contributed by atoms with van der Waals surface area (Å²) in [6.07, 6.45) is 0.947. The number of nitrogens with zero attached hydrogens (tertiary/aromatic N) is 3. The van der Waals surface area contributed by atoms with Gasteiger partial charge in [0.25, 0.3) is 0 Å². The summed E-state index contributed by atoms with van der Waals surface area (Å²) >= 11 is 0. The third-order valence-corrected chi connectivity index (χ3v) is 5.70. The summed E-state index contributed by atoms with van der Waals surface area (Å²) in [4.78, 5) is 28.8. The molecule has 0 aliphatic carbocycles. The largest absolute Gasteiger partial charge is 0.375 e. The van der Waals surface area contributed by atoms with E-state index in [1.165, 1.54) is 12.7 Å². The van der Waals surface area contributed by atoms with Gasteiger partial charge < -0.3 is 14.2 Å². The van der Waals surface area contributed by atoms with Crippen molar-refractivity contribution >= 4 is 11.7 Å². The van der Waals surface area contributed by atoms with E-state index in [2.05, 4.69) is 40.7 Å². The van der Waals surface area contributed by atoms with Gasteiger partial charge in [0.15, 0.2) is 5.78 Å². The number of carbonyl (C=O) groups is 2. The Morgan fingerprint density at radius 3 is 2.38 bits per heavy atom. The molecule has 0 saturated carbocycles. The predicted molar refractivity (Wildman–Crippen MR) is 113 cm³/mol. The third-order valence-electron chi connectivity index (χ3n) is 5.70. The summed E-state index contributed by atoms with van der Waals surface area (Å²) in [5, 5.41) is 0. The van der Waals surface area contributed by atoms with Crippen LogP contribution in [0, 0.1) is 13.8 Å². The molecule has 1 aromatic carbocycles. The van der Waals surface area contributed by atoms with E-state index in [1.807, 2.05) is 19.1 Å². The second-order valence-electron chi connectivity index (χ2n) is 7.69. The number of benzene rings is 1. The molecule has 3 rings (SSSR count). The number of hydrogen-bond donors (Lipinski definition) is 0. The van der Waals surface area contributed by atoms with Gasteiger partial charge in [0.2, 0.25) is 5.91 Å². The lowest BCUT2D eigenvalue weighted by Gasteiger charge is -2.34. The molecule has 156 valence electrons. The molecule has 1 amide bonds. The zero-order valence-corrected chi connectivity index (χ0v) is 17.7. The van der Waals surface area contributed by atoms with Crippen molar-refractivity contribution in [3.63, 3.8) is 0 Å². The van der Waals surface area contributed by atoms with Gasteiger partial charge in [-0.1, -0.05) is 30.3 Å². The molecule has 6 nitrogen and oxygen atoms in total. The van der Waals surface area contributed by atoms with Gasteiger partial charge in [-0.3, -0.25) is 14.5 Å². The highest BCUT2D eigenvalue weighted by atomic mass is 16.5. The molecule has 6 heteroatoms. The van der Waals surface area contributed by atoms with Crippen LogP contribution >= 0.6 is 0 Å². The number of piperazine rings is 1. The van der Waals surface area contributed by atoms with Gasteiger partial charge in [-0.2, -0.15) is 0 Å². The fourth-order valence-corrected chi connectivity index (χ4v) is 3.97. The number of aromatic nitrogens is 1. The van der Waals surface area contributed by atoms with E-state index in [0.29, 0.717) is 32.7 Å². The van der Waals surface area contributed by atoms with Crippen molar-refractivity contribution < 1.29 is 14.3 Å². The van der Waals surface area contributed by atoms with Crippen molar-refractivity contribution in [3.8, 4) is 0 Å². The number of aryl methyl sites for hydroxylation is 2. The summed E-state index contributed by atoms with van der Waals surface area (Å²) in [5.41, 5.74) is 4.27. The average molecular weight is 398 g/mol. The highest BCUT2D eigenvalue weighted by molar-refractivity contribution is 5.99. The maximum atomic E-state index is 12.9. The molecule has 2 heterocycles. The van der Waals surface area contributed by atoms with Gasteiger partial charge in [0.05, 0.1) is 6.54 Å².